The molecule has 3 heterocycles. The van der Waals surface area contributed by atoms with Gasteiger partial charge in [-0.05, 0) is 24.1 Å². The molecule has 0 aliphatic carbocycles. The van der Waals surface area contributed by atoms with Crippen LogP contribution in [0.25, 0.3) is 22.2 Å². The molecular formula is C19H19N5O5. The number of aromatic nitrogens is 4. The Morgan fingerprint density at radius 2 is 2.03 bits per heavy atom. The molecule has 3 aromatic rings. The van der Waals surface area contributed by atoms with Gasteiger partial charge >= 0.3 is 11.7 Å². The molecule has 1 saturated heterocycles. The number of benzene rings is 1. The Bertz CT molecular complexity index is 1200. The van der Waals surface area contributed by atoms with Crippen LogP contribution >= 0.6 is 0 Å². The molecule has 4 rings (SSSR count). The third-order valence-electron chi connectivity index (χ3n) is 5.13. The number of carboxylic acids is 1. The summed E-state index contributed by atoms with van der Waals surface area (Å²) >= 11 is 0. The van der Waals surface area contributed by atoms with Crippen LogP contribution in [0.1, 0.15) is 25.3 Å². The number of rotatable bonds is 5. The van der Waals surface area contributed by atoms with Crippen LogP contribution in [-0.4, -0.2) is 41.8 Å². The topological polar surface area (TPSA) is 128 Å². The zero-order chi connectivity index (χ0) is 20.7. The monoisotopic (exact) mass is 397 g/mol. The summed E-state index contributed by atoms with van der Waals surface area (Å²) in [6.07, 6.45) is 3.83. The number of aryl methyl sites for hydroxylation is 2. The highest BCUT2D eigenvalue weighted by Gasteiger charge is 2.31. The van der Waals surface area contributed by atoms with Crippen molar-refractivity contribution >= 4 is 28.8 Å². The second-order valence-corrected chi connectivity index (χ2v) is 7.02. The zero-order valence-corrected chi connectivity index (χ0v) is 15.7. The summed E-state index contributed by atoms with van der Waals surface area (Å²) in [5.41, 5.74) is 2.53. The number of piperidine rings is 1. The van der Waals surface area contributed by atoms with E-state index in [2.05, 4.69) is 10.4 Å². The number of nitrogens with one attached hydrogen (secondary N) is 1. The van der Waals surface area contributed by atoms with Crippen molar-refractivity contribution < 1.29 is 19.5 Å². The minimum Gasteiger partial charge on any atom is -0.481 e. The number of imide groups is 1. The lowest BCUT2D eigenvalue weighted by molar-refractivity contribution is -0.138. The van der Waals surface area contributed by atoms with Gasteiger partial charge in [0, 0.05) is 25.2 Å². The Balaban J connectivity index is 1.72. The summed E-state index contributed by atoms with van der Waals surface area (Å²) in [7, 11) is 1.63. The molecule has 1 aliphatic rings. The van der Waals surface area contributed by atoms with E-state index in [-0.39, 0.29) is 37.4 Å². The minimum atomic E-state index is -0.895. The van der Waals surface area contributed by atoms with E-state index in [4.69, 9.17) is 5.11 Å². The maximum Gasteiger partial charge on any atom is 0.329 e. The number of carbonyl (C=O) groups is 3. The number of imidazole rings is 1. The first kappa shape index (κ1) is 18.7. The van der Waals surface area contributed by atoms with E-state index in [0.29, 0.717) is 11.0 Å². The minimum absolute atomic E-state index is 0.0243. The van der Waals surface area contributed by atoms with Gasteiger partial charge in [0.2, 0.25) is 11.8 Å². The van der Waals surface area contributed by atoms with Crippen LogP contribution in [0.4, 0.5) is 0 Å². The van der Waals surface area contributed by atoms with Crippen molar-refractivity contribution in [3.8, 4) is 11.1 Å². The first-order valence-electron chi connectivity index (χ1n) is 9.14. The van der Waals surface area contributed by atoms with Gasteiger partial charge in [0.15, 0.2) is 0 Å². The number of fused-ring (bicyclic) bond motifs is 1. The number of carbonyl (C=O) groups excluding carboxylic acids is 2. The van der Waals surface area contributed by atoms with Gasteiger partial charge in [-0.25, -0.2) is 4.79 Å². The van der Waals surface area contributed by atoms with Crippen LogP contribution in [-0.2, 0) is 28.0 Å². The third kappa shape index (κ3) is 3.33. The van der Waals surface area contributed by atoms with Gasteiger partial charge in [0.25, 0.3) is 0 Å². The maximum absolute atomic E-state index is 12.8. The number of aliphatic carboxylic acids is 1. The van der Waals surface area contributed by atoms with Crippen molar-refractivity contribution in [3.63, 3.8) is 0 Å². The molecule has 150 valence electrons. The second-order valence-electron chi connectivity index (χ2n) is 7.02. The fourth-order valence-corrected chi connectivity index (χ4v) is 3.62. The van der Waals surface area contributed by atoms with Crippen LogP contribution in [0.3, 0.4) is 0 Å². The summed E-state index contributed by atoms with van der Waals surface area (Å²) in [6.45, 7) is 0.266. The molecule has 1 unspecified atom stereocenters. The Morgan fingerprint density at radius 3 is 2.76 bits per heavy atom. The van der Waals surface area contributed by atoms with Crippen molar-refractivity contribution in [3.05, 3.63) is 41.1 Å². The number of carboxylic acid groups (broad SMARTS) is 1. The predicted octanol–water partition coefficient (Wildman–Crippen LogP) is 0.656. The fraction of sp³-hybridized carbons (Fsp3) is 0.316. The molecule has 2 amide bonds. The number of hydrogen-bond acceptors (Lipinski definition) is 5. The maximum atomic E-state index is 12.8. The van der Waals surface area contributed by atoms with E-state index >= 15 is 0 Å². The van der Waals surface area contributed by atoms with Gasteiger partial charge in [-0.3, -0.25) is 33.5 Å². The average Bonchev–Trinajstić information content (AvgIpc) is 3.25. The first-order chi connectivity index (χ1) is 13.8. The molecule has 1 fully saturated rings. The molecule has 0 bridgehead atoms. The van der Waals surface area contributed by atoms with E-state index < -0.39 is 17.9 Å². The van der Waals surface area contributed by atoms with Crippen LogP contribution in [0.2, 0.25) is 0 Å². The molecule has 10 nitrogen and oxygen atoms in total. The van der Waals surface area contributed by atoms with Crippen LogP contribution < -0.4 is 11.0 Å². The lowest BCUT2D eigenvalue weighted by Gasteiger charge is -2.21. The molecular weight excluding hydrogens is 378 g/mol. The largest absolute Gasteiger partial charge is 0.481 e. The highest BCUT2D eigenvalue weighted by Crippen LogP contribution is 2.27. The Labute approximate surface area is 164 Å². The molecule has 1 atom stereocenters. The SMILES string of the molecule is Cn1c(=O)n(C2CCC(=O)NC2=O)c2ccc(-c3cnn(CCC(=O)O)c3)cc21. The van der Waals surface area contributed by atoms with Crippen molar-refractivity contribution in [1.82, 2.24) is 24.2 Å². The summed E-state index contributed by atoms with van der Waals surface area (Å²) in [6, 6.07) is 4.69. The molecule has 2 N–H and O–H groups in total. The Morgan fingerprint density at radius 1 is 1.24 bits per heavy atom. The summed E-state index contributed by atoms with van der Waals surface area (Å²) in [5.74, 6) is -1.70. The lowest BCUT2D eigenvalue weighted by atomic mass is 10.1. The number of hydrogen-bond donors (Lipinski definition) is 2. The van der Waals surface area contributed by atoms with Crippen LogP contribution in [0.15, 0.2) is 35.4 Å². The normalized spacial score (nSPS) is 16.9. The lowest BCUT2D eigenvalue weighted by Crippen LogP contribution is -2.44. The molecule has 1 aromatic carbocycles. The molecule has 0 radical (unpaired) electrons. The molecule has 2 aromatic heterocycles. The molecule has 10 heteroatoms. The van der Waals surface area contributed by atoms with Crippen molar-refractivity contribution in [2.75, 3.05) is 0 Å². The van der Waals surface area contributed by atoms with Gasteiger partial charge in [0.05, 0.1) is 30.2 Å². The predicted molar refractivity (Wildman–Crippen MR) is 102 cm³/mol. The van der Waals surface area contributed by atoms with Crippen molar-refractivity contribution in [1.29, 1.82) is 0 Å². The highest BCUT2D eigenvalue weighted by atomic mass is 16.4. The molecule has 1 aliphatic heterocycles. The summed E-state index contributed by atoms with van der Waals surface area (Å²) in [5, 5.41) is 15.3. The summed E-state index contributed by atoms with van der Waals surface area (Å²) in [4.78, 5) is 47.2. The zero-order valence-electron chi connectivity index (χ0n) is 15.7. The summed E-state index contributed by atoms with van der Waals surface area (Å²) < 4.78 is 4.45. The van der Waals surface area contributed by atoms with Crippen molar-refractivity contribution in [2.45, 2.75) is 31.8 Å². The van der Waals surface area contributed by atoms with Crippen LogP contribution in [0.5, 0.6) is 0 Å². The smallest absolute Gasteiger partial charge is 0.329 e. The van der Waals surface area contributed by atoms with Crippen molar-refractivity contribution in [2.24, 2.45) is 7.05 Å². The first-order valence-corrected chi connectivity index (χ1v) is 9.14. The van der Waals surface area contributed by atoms with E-state index in [0.717, 1.165) is 11.1 Å². The average molecular weight is 397 g/mol. The van der Waals surface area contributed by atoms with E-state index in [1.54, 1.807) is 30.2 Å². The molecule has 0 spiro atoms. The van der Waals surface area contributed by atoms with Gasteiger partial charge in [0.1, 0.15) is 6.04 Å². The number of nitrogens with zero attached hydrogens (tertiary/aromatic N) is 4. The Kier molecular flexibility index (Phi) is 4.53. The van der Waals surface area contributed by atoms with Gasteiger partial charge in [-0.2, -0.15) is 5.10 Å². The van der Waals surface area contributed by atoms with Crippen LogP contribution in [0, 0.1) is 0 Å². The standard InChI is InChI=1S/C19H19N5O5/c1-22-15-8-11(12-9-20-23(10-12)7-6-17(26)27)2-3-13(15)24(19(22)29)14-4-5-16(25)21-18(14)28/h2-3,8-10,14H,4-7H2,1H3,(H,26,27)(H,21,25,28). The van der Waals surface area contributed by atoms with Gasteiger partial charge in [-0.1, -0.05) is 6.07 Å². The third-order valence-corrected chi connectivity index (χ3v) is 5.13. The Hall–Kier alpha value is -3.69. The van der Waals surface area contributed by atoms with E-state index in [9.17, 15) is 19.2 Å². The quantitative estimate of drug-likeness (QED) is 0.609. The number of amides is 2. The van der Waals surface area contributed by atoms with E-state index in [1.807, 2.05) is 12.1 Å². The molecule has 29 heavy (non-hydrogen) atoms. The van der Waals surface area contributed by atoms with E-state index in [1.165, 1.54) is 9.13 Å². The second kappa shape index (κ2) is 7.04. The fourth-order valence-electron chi connectivity index (χ4n) is 3.62. The molecule has 0 saturated carbocycles. The van der Waals surface area contributed by atoms with Gasteiger partial charge < -0.3 is 5.11 Å². The van der Waals surface area contributed by atoms with Gasteiger partial charge in [-0.15, -0.1) is 0 Å². The highest BCUT2D eigenvalue weighted by molar-refractivity contribution is 6.00.